The first-order valence-corrected chi connectivity index (χ1v) is 11.2. The summed E-state index contributed by atoms with van der Waals surface area (Å²) in [5.74, 6) is 0.638. The lowest BCUT2D eigenvalue weighted by Gasteiger charge is -2.07. The number of hydrogen-bond donors (Lipinski definition) is 1. The summed E-state index contributed by atoms with van der Waals surface area (Å²) in [6.07, 6.45) is 3.51. The zero-order chi connectivity index (χ0) is 24.2. The van der Waals surface area contributed by atoms with Crippen molar-refractivity contribution in [3.05, 3.63) is 88.9 Å². The average Bonchev–Trinajstić information content (AvgIpc) is 2.85. The van der Waals surface area contributed by atoms with Gasteiger partial charge in [-0.15, -0.1) is 0 Å². The van der Waals surface area contributed by atoms with Crippen LogP contribution in [0.2, 0.25) is 5.02 Å². The molecule has 176 valence electrons. The highest BCUT2D eigenvalue weighted by atomic mass is 35.5. The Labute approximate surface area is 203 Å². The average molecular weight is 481 g/mol. The van der Waals surface area contributed by atoms with Crippen LogP contribution in [0.15, 0.2) is 77.9 Å². The van der Waals surface area contributed by atoms with Crippen LogP contribution in [0, 0.1) is 0 Å². The highest BCUT2D eigenvalue weighted by Gasteiger charge is 2.09. The summed E-state index contributed by atoms with van der Waals surface area (Å²) in [6, 6.07) is 20.4. The van der Waals surface area contributed by atoms with E-state index < -0.39 is 11.9 Å². The van der Waals surface area contributed by atoms with Gasteiger partial charge < -0.3 is 14.2 Å². The molecule has 0 atom stereocenters. The molecule has 0 aliphatic rings. The molecule has 1 N–H and O–H groups in total. The van der Waals surface area contributed by atoms with E-state index in [4.69, 9.17) is 25.8 Å². The Morgan fingerprint density at radius 1 is 0.941 bits per heavy atom. The van der Waals surface area contributed by atoms with Gasteiger partial charge in [0.05, 0.1) is 23.4 Å². The van der Waals surface area contributed by atoms with Crippen LogP contribution >= 0.6 is 11.6 Å². The molecule has 7 nitrogen and oxygen atoms in total. The maximum absolute atomic E-state index is 12.3. The number of ether oxygens (including phenoxy) is 3. The van der Waals surface area contributed by atoms with E-state index in [1.54, 1.807) is 72.8 Å². The predicted molar refractivity (Wildman–Crippen MR) is 131 cm³/mol. The number of benzene rings is 3. The van der Waals surface area contributed by atoms with Gasteiger partial charge in [0.15, 0.2) is 6.61 Å². The highest BCUT2D eigenvalue weighted by molar-refractivity contribution is 6.32. The van der Waals surface area contributed by atoms with Crippen LogP contribution in [0.3, 0.4) is 0 Å². The Hall–Kier alpha value is -3.84. The summed E-state index contributed by atoms with van der Waals surface area (Å²) in [7, 11) is 0. The molecule has 34 heavy (non-hydrogen) atoms. The van der Waals surface area contributed by atoms with Crippen molar-refractivity contribution in [2.45, 2.75) is 19.8 Å². The minimum absolute atomic E-state index is 0.220. The van der Waals surface area contributed by atoms with Gasteiger partial charge in [0.25, 0.3) is 5.91 Å². The van der Waals surface area contributed by atoms with Gasteiger partial charge in [0, 0.05) is 0 Å². The molecule has 0 aromatic heterocycles. The van der Waals surface area contributed by atoms with Crippen molar-refractivity contribution < 1.29 is 23.8 Å². The standard InChI is InChI=1S/C26H25ClN2O5/c1-2-3-16-32-21-14-10-20(11-15-21)26(31)34-22-12-8-19(9-13-22)17-28-29-25(30)18-33-24-7-5-4-6-23(24)27/h4-15,17H,2-3,16,18H2,1H3,(H,29,30)/b28-17+. The van der Waals surface area contributed by atoms with Crippen LogP contribution in [0.4, 0.5) is 0 Å². The van der Waals surface area contributed by atoms with Gasteiger partial charge in [-0.2, -0.15) is 5.10 Å². The molecule has 0 heterocycles. The monoisotopic (exact) mass is 480 g/mol. The fourth-order valence-corrected chi connectivity index (χ4v) is 2.92. The molecular formula is C26H25ClN2O5. The van der Waals surface area contributed by atoms with Crippen LogP contribution < -0.4 is 19.6 Å². The quantitative estimate of drug-likeness (QED) is 0.133. The summed E-state index contributed by atoms with van der Waals surface area (Å²) in [5, 5.41) is 4.32. The summed E-state index contributed by atoms with van der Waals surface area (Å²) in [5.41, 5.74) is 3.51. The molecule has 0 aliphatic heterocycles. The van der Waals surface area contributed by atoms with Gasteiger partial charge in [-0.05, 0) is 72.6 Å². The number of nitrogens with one attached hydrogen (secondary N) is 1. The molecule has 0 bridgehead atoms. The van der Waals surface area contributed by atoms with Crippen LogP contribution in [0.5, 0.6) is 17.2 Å². The van der Waals surface area contributed by atoms with Gasteiger partial charge in [0.1, 0.15) is 17.2 Å². The first-order valence-electron chi connectivity index (χ1n) is 10.8. The van der Waals surface area contributed by atoms with E-state index in [-0.39, 0.29) is 6.61 Å². The van der Waals surface area contributed by atoms with Crippen LogP contribution in [0.1, 0.15) is 35.7 Å². The maximum atomic E-state index is 12.3. The van der Waals surface area contributed by atoms with E-state index in [1.165, 1.54) is 6.21 Å². The van der Waals surface area contributed by atoms with E-state index in [1.807, 2.05) is 0 Å². The molecule has 0 saturated heterocycles. The Balaban J connectivity index is 1.44. The van der Waals surface area contributed by atoms with Gasteiger partial charge in [-0.25, -0.2) is 10.2 Å². The molecule has 0 radical (unpaired) electrons. The third-order valence-corrected chi connectivity index (χ3v) is 4.86. The van der Waals surface area contributed by atoms with Crippen molar-refractivity contribution in [1.82, 2.24) is 5.43 Å². The first-order chi connectivity index (χ1) is 16.5. The number of hydrazone groups is 1. The number of carbonyl (C=O) groups excluding carboxylic acids is 2. The molecule has 0 spiro atoms. The second-order valence-electron chi connectivity index (χ2n) is 7.20. The lowest BCUT2D eigenvalue weighted by molar-refractivity contribution is -0.123. The first kappa shape index (κ1) is 24.8. The Morgan fingerprint density at radius 3 is 2.35 bits per heavy atom. The zero-order valence-corrected chi connectivity index (χ0v) is 19.5. The molecule has 0 saturated carbocycles. The van der Waals surface area contributed by atoms with Crippen molar-refractivity contribution in [2.24, 2.45) is 5.10 Å². The summed E-state index contributed by atoms with van der Waals surface area (Å²) >= 11 is 5.98. The summed E-state index contributed by atoms with van der Waals surface area (Å²) in [6.45, 7) is 2.53. The van der Waals surface area contributed by atoms with E-state index in [9.17, 15) is 9.59 Å². The minimum Gasteiger partial charge on any atom is -0.494 e. The lowest BCUT2D eigenvalue weighted by Crippen LogP contribution is -2.24. The highest BCUT2D eigenvalue weighted by Crippen LogP contribution is 2.22. The number of unbranched alkanes of at least 4 members (excludes halogenated alkanes) is 1. The second kappa shape index (κ2) is 13.0. The predicted octanol–water partition coefficient (Wildman–Crippen LogP) is 5.27. The number of halogens is 1. The van der Waals surface area contributed by atoms with Crippen LogP contribution in [-0.2, 0) is 4.79 Å². The number of hydrogen-bond acceptors (Lipinski definition) is 6. The molecule has 8 heteroatoms. The fraction of sp³-hybridized carbons (Fsp3) is 0.192. The molecule has 3 aromatic carbocycles. The van der Waals surface area contributed by atoms with Crippen molar-refractivity contribution in [1.29, 1.82) is 0 Å². The van der Waals surface area contributed by atoms with Gasteiger partial charge >= 0.3 is 5.97 Å². The van der Waals surface area contributed by atoms with E-state index >= 15 is 0 Å². The SMILES string of the molecule is CCCCOc1ccc(C(=O)Oc2ccc(/C=N/NC(=O)COc3ccccc3Cl)cc2)cc1. The topological polar surface area (TPSA) is 86.2 Å². The Bertz CT molecular complexity index is 1110. The molecule has 1 amide bonds. The van der Waals surface area contributed by atoms with Gasteiger partial charge in [-0.3, -0.25) is 4.79 Å². The van der Waals surface area contributed by atoms with Crippen LogP contribution in [-0.4, -0.2) is 31.3 Å². The Kier molecular flexibility index (Phi) is 9.49. The molecular weight excluding hydrogens is 456 g/mol. The smallest absolute Gasteiger partial charge is 0.343 e. The fourth-order valence-electron chi connectivity index (χ4n) is 2.73. The molecule has 3 rings (SSSR count). The summed E-state index contributed by atoms with van der Waals surface area (Å²) in [4.78, 5) is 24.2. The number of carbonyl (C=O) groups is 2. The van der Waals surface area contributed by atoms with Crippen molar-refractivity contribution in [3.63, 3.8) is 0 Å². The molecule has 3 aromatic rings. The molecule has 0 fully saturated rings. The largest absolute Gasteiger partial charge is 0.494 e. The van der Waals surface area contributed by atoms with Gasteiger partial charge in [-0.1, -0.05) is 37.1 Å². The third kappa shape index (κ3) is 7.94. The molecule has 0 unspecified atom stereocenters. The minimum atomic E-state index is -0.465. The zero-order valence-electron chi connectivity index (χ0n) is 18.7. The number of para-hydroxylation sites is 1. The van der Waals surface area contributed by atoms with Crippen LogP contribution in [0.25, 0.3) is 0 Å². The Morgan fingerprint density at radius 2 is 1.65 bits per heavy atom. The van der Waals surface area contributed by atoms with Gasteiger partial charge in [0.2, 0.25) is 0 Å². The third-order valence-electron chi connectivity index (χ3n) is 4.55. The second-order valence-corrected chi connectivity index (χ2v) is 7.60. The lowest BCUT2D eigenvalue weighted by atomic mass is 10.2. The summed E-state index contributed by atoms with van der Waals surface area (Å²) < 4.78 is 16.3. The van der Waals surface area contributed by atoms with Crippen molar-refractivity contribution in [2.75, 3.05) is 13.2 Å². The maximum Gasteiger partial charge on any atom is 0.343 e. The van der Waals surface area contributed by atoms with Crippen molar-refractivity contribution in [3.8, 4) is 17.2 Å². The van der Waals surface area contributed by atoms with E-state index in [2.05, 4.69) is 17.5 Å². The normalized spacial score (nSPS) is 10.6. The number of nitrogens with zero attached hydrogens (tertiary/aromatic N) is 1. The number of esters is 1. The number of amides is 1. The van der Waals surface area contributed by atoms with E-state index in [0.717, 1.165) is 18.6 Å². The number of rotatable bonds is 11. The molecule has 0 aliphatic carbocycles. The van der Waals surface area contributed by atoms with Crippen molar-refractivity contribution >= 4 is 29.7 Å². The van der Waals surface area contributed by atoms with E-state index in [0.29, 0.717) is 34.3 Å².